The molecule has 0 heterocycles. The molecule has 0 aliphatic rings. The van der Waals surface area contributed by atoms with E-state index in [9.17, 15) is 4.79 Å². The summed E-state index contributed by atoms with van der Waals surface area (Å²) in [5, 5.41) is 8.90. The first kappa shape index (κ1) is 12.8. The van der Waals surface area contributed by atoms with Crippen LogP contribution in [-0.2, 0) is 6.61 Å². The molecule has 0 aliphatic carbocycles. The molecule has 0 bridgehead atoms. The van der Waals surface area contributed by atoms with Crippen LogP contribution in [0.3, 0.4) is 0 Å². The van der Waals surface area contributed by atoms with Crippen LogP contribution in [0.25, 0.3) is 0 Å². The lowest BCUT2D eigenvalue weighted by Gasteiger charge is -2.05. The number of esters is 1. The van der Waals surface area contributed by atoms with Crippen molar-refractivity contribution in [2.75, 3.05) is 0 Å². The summed E-state index contributed by atoms with van der Waals surface area (Å²) in [5.74, 6) is 0.0550. The van der Waals surface area contributed by atoms with E-state index in [1.54, 1.807) is 48.5 Å². The molecule has 0 unspecified atom stereocenters. The Morgan fingerprint density at radius 1 is 1.06 bits per heavy atom. The topological polar surface area (TPSA) is 46.5 Å². The second-order valence-corrected chi connectivity index (χ2v) is 4.61. The molecule has 2 aromatic carbocycles. The maximum Gasteiger partial charge on any atom is 0.343 e. The molecule has 0 aromatic heterocycles. The van der Waals surface area contributed by atoms with Gasteiger partial charge in [0.1, 0.15) is 5.75 Å². The van der Waals surface area contributed by atoms with Crippen LogP contribution in [0.4, 0.5) is 0 Å². The number of hydrogen-bond acceptors (Lipinski definition) is 3. The van der Waals surface area contributed by atoms with Crippen LogP contribution in [0.2, 0.25) is 0 Å². The van der Waals surface area contributed by atoms with Crippen molar-refractivity contribution in [2.45, 2.75) is 6.61 Å². The summed E-state index contributed by atoms with van der Waals surface area (Å²) in [6.07, 6.45) is 0. The normalized spacial score (nSPS) is 10.1. The number of rotatable bonds is 3. The molecule has 0 amide bonds. The zero-order valence-corrected chi connectivity index (χ0v) is 11.1. The number of benzene rings is 2. The van der Waals surface area contributed by atoms with Crippen LogP contribution in [-0.4, -0.2) is 11.1 Å². The van der Waals surface area contributed by atoms with Crippen LogP contribution >= 0.6 is 15.9 Å². The lowest BCUT2D eigenvalue weighted by atomic mass is 10.2. The van der Waals surface area contributed by atoms with E-state index in [0.717, 1.165) is 10.0 Å². The standard InChI is InChI=1S/C14H11BrO3/c15-12-5-3-11(4-6-12)14(17)18-13-7-1-10(9-16)2-8-13/h1-8,16H,9H2. The van der Waals surface area contributed by atoms with E-state index in [4.69, 9.17) is 9.84 Å². The molecule has 0 spiro atoms. The van der Waals surface area contributed by atoms with Crippen LogP contribution in [0.1, 0.15) is 15.9 Å². The highest BCUT2D eigenvalue weighted by Gasteiger charge is 2.07. The summed E-state index contributed by atoms with van der Waals surface area (Å²) in [6.45, 7) is -0.0268. The third-order valence-electron chi connectivity index (χ3n) is 2.40. The number of hydrogen-bond donors (Lipinski definition) is 1. The number of aliphatic hydroxyl groups excluding tert-OH is 1. The predicted molar refractivity (Wildman–Crippen MR) is 71.5 cm³/mol. The van der Waals surface area contributed by atoms with Crippen LogP contribution in [0.15, 0.2) is 53.0 Å². The van der Waals surface area contributed by atoms with Gasteiger partial charge < -0.3 is 9.84 Å². The molecule has 0 atom stereocenters. The van der Waals surface area contributed by atoms with Crippen molar-refractivity contribution in [2.24, 2.45) is 0 Å². The summed E-state index contributed by atoms with van der Waals surface area (Å²) < 4.78 is 6.11. The maximum absolute atomic E-state index is 11.8. The smallest absolute Gasteiger partial charge is 0.343 e. The van der Waals surface area contributed by atoms with Crippen molar-refractivity contribution < 1.29 is 14.6 Å². The van der Waals surface area contributed by atoms with Crippen molar-refractivity contribution in [3.8, 4) is 5.75 Å². The van der Waals surface area contributed by atoms with Gasteiger partial charge in [-0.25, -0.2) is 4.79 Å². The molecule has 2 aromatic rings. The van der Waals surface area contributed by atoms with Crippen LogP contribution in [0.5, 0.6) is 5.75 Å². The van der Waals surface area contributed by atoms with Gasteiger partial charge in [0.15, 0.2) is 0 Å². The number of aliphatic hydroxyl groups is 1. The van der Waals surface area contributed by atoms with Gasteiger partial charge in [-0.2, -0.15) is 0 Å². The van der Waals surface area contributed by atoms with Gasteiger partial charge in [-0.15, -0.1) is 0 Å². The monoisotopic (exact) mass is 306 g/mol. The van der Waals surface area contributed by atoms with Crippen molar-refractivity contribution >= 4 is 21.9 Å². The summed E-state index contributed by atoms with van der Waals surface area (Å²) in [4.78, 5) is 11.8. The molecule has 2 rings (SSSR count). The van der Waals surface area contributed by atoms with Crippen molar-refractivity contribution in [3.05, 3.63) is 64.1 Å². The average molecular weight is 307 g/mol. The maximum atomic E-state index is 11.8. The second kappa shape index (κ2) is 5.80. The molecule has 0 fully saturated rings. The van der Waals surface area contributed by atoms with Crippen molar-refractivity contribution in [1.82, 2.24) is 0 Å². The van der Waals surface area contributed by atoms with E-state index in [1.807, 2.05) is 0 Å². The minimum Gasteiger partial charge on any atom is -0.423 e. The molecule has 4 heteroatoms. The number of carbonyl (C=O) groups excluding carboxylic acids is 1. The first-order valence-corrected chi connectivity index (χ1v) is 6.16. The quantitative estimate of drug-likeness (QED) is 0.700. The third kappa shape index (κ3) is 3.18. The SMILES string of the molecule is O=C(Oc1ccc(CO)cc1)c1ccc(Br)cc1. The minimum absolute atomic E-state index is 0.0268. The molecule has 1 N–H and O–H groups in total. The Morgan fingerprint density at radius 2 is 1.67 bits per heavy atom. The average Bonchev–Trinajstić information content (AvgIpc) is 2.40. The zero-order chi connectivity index (χ0) is 13.0. The highest BCUT2D eigenvalue weighted by Crippen LogP contribution is 2.16. The third-order valence-corrected chi connectivity index (χ3v) is 2.93. The first-order valence-electron chi connectivity index (χ1n) is 5.36. The number of halogens is 1. The van der Waals surface area contributed by atoms with E-state index in [-0.39, 0.29) is 6.61 Å². The second-order valence-electron chi connectivity index (χ2n) is 3.70. The minimum atomic E-state index is -0.403. The van der Waals surface area contributed by atoms with E-state index in [1.165, 1.54) is 0 Å². The largest absolute Gasteiger partial charge is 0.423 e. The Balaban J connectivity index is 2.08. The van der Waals surface area contributed by atoms with Crippen LogP contribution < -0.4 is 4.74 Å². The van der Waals surface area contributed by atoms with E-state index < -0.39 is 5.97 Å². The van der Waals surface area contributed by atoms with Gasteiger partial charge in [0.25, 0.3) is 0 Å². The summed E-state index contributed by atoms with van der Waals surface area (Å²) in [7, 11) is 0. The number of carbonyl (C=O) groups is 1. The Hall–Kier alpha value is -1.65. The van der Waals surface area contributed by atoms with E-state index in [2.05, 4.69) is 15.9 Å². The van der Waals surface area contributed by atoms with Gasteiger partial charge >= 0.3 is 5.97 Å². The Kier molecular flexibility index (Phi) is 4.12. The lowest BCUT2D eigenvalue weighted by Crippen LogP contribution is -2.08. The van der Waals surface area contributed by atoms with Crippen molar-refractivity contribution in [3.63, 3.8) is 0 Å². The molecule has 0 aliphatic heterocycles. The Bertz CT molecular complexity index is 532. The molecule has 0 saturated heterocycles. The Morgan fingerprint density at radius 3 is 2.22 bits per heavy atom. The molecule has 0 radical (unpaired) electrons. The molecule has 92 valence electrons. The van der Waals surface area contributed by atoms with Gasteiger partial charge in [-0.1, -0.05) is 28.1 Å². The van der Waals surface area contributed by atoms with Crippen molar-refractivity contribution in [1.29, 1.82) is 0 Å². The predicted octanol–water partition coefficient (Wildman–Crippen LogP) is 3.16. The summed E-state index contributed by atoms with van der Waals surface area (Å²) in [6, 6.07) is 13.7. The lowest BCUT2D eigenvalue weighted by molar-refractivity contribution is 0.0734. The molecular weight excluding hydrogens is 296 g/mol. The van der Waals surface area contributed by atoms with Gasteiger partial charge in [0.2, 0.25) is 0 Å². The van der Waals surface area contributed by atoms with E-state index >= 15 is 0 Å². The fourth-order valence-electron chi connectivity index (χ4n) is 1.41. The van der Waals surface area contributed by atoms with Gasteiger partial charge in [-0.05, 0) is 42.0 Å². The van der Waals surface area contributed by atoms with E-state index in [0.29, 0.717) is 11.3 Å². The van der Waals surface area contributed by atoms with Crippen LogP contribution in [0, 0.1) is 0 Å². The highest BCUT2D eigenvalue weighted by molar-refractivity contribution is 9.10. The zero-order valence-electron chi connectivity index (χ0n) is 9.47. The summed E-state index contributed by atoms with van der Waals surface area (Å²) in [5.41, 5.74) is 1.27. The van der Waals surface area contributed by atoms with Gasteiger partial charge in [0, 0.05) is 4.47 Å². The molecule has 18 heavy (non-hydrogen) atoms. The molecular formula is C14H11BrO3. The fraction of sp³-hybridized carbons (Fsp3) is 0.0714. The molecule has 3 nitrogen and oxygen atoms in total. The van der Waals surface area contributed by atoms with Gasteiger partial charge in [-0.3, -0.25) is 0 Å². The summed E-state index contributed by atoms with van der Waals surface area (Å²) >= 11 is 3.30. The van der Waals surface area contributed by atoms with Gasteiger partial charge in [0.05, 0.1) is 12.2 Å². The number of ether oxygens (including phenoxy) is 1. The first-order chi connectivity index (χ1) is 8.69. The fourth-order valence-corrected chi connectivity index (χ4v) is 1.68. The molecule has 0 saturated carbocycles. The highest BCUT2D eigenvalue weighted by atomic mass is 79.9. The Labute approximate surface area is 113 Å².